The standard InChI is InChI=1S/C26H33IN2OS/c1-17-12-18(2)14-20(13-17)15-23(21-8-7-9-22(27)19(21)3)28-25-29(10-11-31-25)24(30)16-26(4,5)6/h7-9,12-14,23H,10-11,15-16H2,1-6H3. The van der Waals surface area contributed by atoms with Gasteiger partial charge in [-0.1, -0.05) is 74.0 Å². The average molecular weight is 549 g/mol. The molecule has 1 heterocycles. The molecule has 0 saturated carbocycles. The van der Waals surface area contributed by atoms with E-state index in [4.69, 9.17) is 4.99 Å². The molecule has 31 heavy (non-hydrogen) atoms. The maximum Gasteiger partial charge on any atom is 0.229 e. The highest BCUT2D eigenvalue weighted by Crippen LogP contribution is 2.32. The van der Waals surface area contributed by atoms with Crippen molar-refractivity contribution in [2.24, 2.45) is 10.4 Å². The van der Waals surface area contributed by atoms with Crippen molar-refractivity contribution in [3.8, 4) is 0 Å². The van der Waals surface area contributed by atoms with Crippen molar-refractivity contribution in [1.29, 1.82) is 0 Å². The predicted molar refractivity (Wildman–Crippen MR) is 142 cm³/mol. The van der Waals surface area contributed by atoms with Crippen LogP contribution in [0.5, 0.6) is 0 Å². The number of amides is 1. The van der Waals surface area contributed by atoms with Gasteiger partial charge in [0.2, 0.25) is 5.91 Å². The van der Waals surface area contributed by atoms with Crippen molar-refractivity contribution in [1.82, 2.24) is 4.90 Å². The monoisotopic (exact) mass is 548 g/mol. The lowest BCUT2D eigenvalue weighted by molar-refractivity contribution is -0.128. The summed E-state index contributed by atoms with van der Waals surface area (Å²) in [6.07, 6.45) is 1.37. The van der Waals surface area contributed by atoms with Gasteiger partial charge in [-0.25, -0.2) is 0 Å². The number of benzene rings is 2. The van der Waals surface area contributed by atoms with Crippen molar-refractivity contribution in [3.05, 3.63) is 67.8 Å². The summed E-state index contributed by atoms with van der Waals surface area (Å²) >= 11 is 4.11. The molecular formula is C26H33IN2OS. The van der Waals surface area contributed by atoms with E-state index in [-0.39, 0.29) is 17.4 Å². The summed E-state index contributed by atoms with van der Waals surface area (Å²) in [5.41, 5.74) is 6.34. The molecule has 3 rings (SSSR count). The van der Waals surface area contributed by atoms with Gasteiger partial charge in [-0.2, -0.15) is 0 Å². The Kier molecular flexibility index (Phi) is 7.90. The van der Waals surface area contributed by atoms with Crippen LogP contribution in [0.25, 0.3) is 0 Å². The molecule has 2 aromatic carbocycles. The molecule has 166 valence electrons. The molecule has 1 unspecified atom stereocenters. The Morgan fingerprint density at radius 2 is 1.84 bits per heavy atom. The highest BCUT2D eigenvalue weighted by Gasteiger charge is 2.30. The molecule has 0 N–H and O–H groups in total. The van der Waals surface area contributed by atoms with Crippen LogP contribution in [0.1, 0.15) is 61.1 Å². The van der Waals surface area contributed by atoms with Crippen molar-refractivity contribution in [2.75, 3.05) is 12.3 Å². The molecule has 1 saturated heterocycles. The van der Waals surface area contributed by atoms with Crippen LogP contribution in [0.2, 0.25) is 0 Å². The Morgan fingerprint density at radius 3 is 2.48 bits per heavy atom. The van der Waals surface area contributed by atoms with Gasteiger partial charge in [-0.15, -0.1) is 0 Å². The van der Waals surface area contributed by atoms with Gasteiger partial charge < -0.3 is 0 Å². The van der Waals surface area contributed by atoms with E-state index in [1.54, 1.807) is 11.8 Å². The molecule has 1 aliphatic rings. The Morgan fingerprint density at radius 1 is 1.16 bits per heavy atom. The smallest absolute Gasteiger partial charge is 0.229 e. The Bertz CT molecular complexity index is 973. The zero-order valence-electron chi connectivity index (χ0n) is 19.5. The molecule has 0 aromatic heterocycles. The van der Waals surface area contributed by atoms with E-state index in [0.717, 1.165) is 23.9 Å². The maximum atomic E-state index is 13.0. The third-order valence-corrected chi connectivity index (χ3v) is 7.54. The van der Waals surface area contributed by atoms with Crippen LogP contribution < -0.4 is 0 Å². The minimum Gasteiger partial charge on any atom is -0.291 e. The first-order chi connectivity index (χ1) is 14.5. The lowest BCUT2D eigenvalue weighted by atomic mass is 9.92. The van der Waals surface area contributed by atoms with E-state index in [0.29, 0.717) is 6.42 Å². The number of rotatable bonds is 5. The summed E-state index contributed by atoms with van der Waals surface area (Å²) in [5.74, 6) is 1.09. The molecule has 0 radical (unpaired) electrons. The van der Waals surface area contributed by atoms with Gasteiger partial charge in [-0.3, -0.25) is 14.7 Å². The third-order valence-electron chi connectivity index (χ3n) is 5.40. The number of amidine groups is 1. The summed E-state index contributed by atoms with van der Waals surface area (Å²) in [5, 5.41) is 0.877. The normalized spacial score (nSPS) is 16.7. The summed E-state index contributed by atoms with van der Waals surface area (Å²) in [4.78, 5) is 20.1. The van der Waals surface area contributed by atoms with Crippen molar-refractivity contribution in [2.45, 2.75) is 60.4 Å². The van der Waals surface area contributed by atoms with Crippen molar-refractivity contribution >= 4 is 45.4 Å². The molecule has 1 fully saturated rings. The number of aliphatic imine (C=N–C) groups is 1. The van der Waals surface area contributed by atoms with Crippen molar-refractivity contribution < 1.29 is 4.79 Å². The van der Waals surface area contributed by atoms with Gasteiger partial charge in [0.15, 0.2) is 5.17 Å². The van der Waals surface area contributed by atoms with E-state index < -0.39 is 0 Å². The number of aryl methyl sites for hydroxylation is 2. The maximum absolute atomic E-state index is 13.0. The summed E-state index contributed by atoms with van der Waals surface area (Å²) in [6.45, 7) is 13.6. The largest absolute Gasteiger partial charge is 0.291 e. The number of carbonyl (C=O) groups excluding carboxylic acids is 1. The zero-order valence-corrected chi connectivity index (χ0v) is 22.4. The molecule has 1 atom stereocenters. The first-order valence-electron chi connectivity index (χ1n) is 10.9. The molecular weight excluding hydrogens is 515 g/mol. The topological polar surface area (TPSA) is 32.7 Å². The Labute approximate surface area is 205 Å². The SMILES string of the molecule is Cc1cc(C)cc(CC(N=C2SCCN2C(=O)CC(C)(C)C)c2cccc(I)c2C)c1. The van der Waals surface area contributed by atoms with E-state index in [1.807, 2.05) is 4.90 Å². The fourth-order valence-corrected chi connectivity index (χ4v) is 5.57. The fourth-order valence-electron chi connectivity index (χ4n) is 4.04. The zero-order chi connectivity index (χ0) is 22.8. The minimum absolute atomic E-state index is 0.0125. The first-order valence-corrected chi connectivity index (χ1v) is 12.9. The highest BCUT2D eigenvalue weighted by atomic mass is 127. The van der Waals surface area contributed by atoms with Crippen LogP contribution in [0.4, 0.5) is 0 Å². The number of nitrogens with zero attached hydrogens (tertiary/aromatic N) is 2. The summed E-state index contributed by atoms with van der Waals surface area (Å²) in [6, 6.07) is 13.2. The summed E-state index contributed by atoms with van der Waals surface area (Å²) < 4.78 is 1.25. The molecule has 5 heteroatoms. The van der Waals surface area contributed by atoms with Crippen LogP contribution in [0.3, 0.4) is 0 Å². The molecule has 2 aromatic rings. The van der Waals surface area contributed by atoms with Gasteiger partial charge >= 0.3 is 0 Å². The molecule has 3 nitrogen and oxygen atoms in total. The minimum atomic E-state index is -0.0277. The second-order valence-corrected chi connectivity index (χ2v) is 11.9. The van der Waals surface area contributed by atoms with Gasteiger partial charge in [0.25, 0.3) is 0 Å². The second-order valence-electron chi connectivity index (χ2n) is 9.71. The number of carbonyl (C=O) groups is 1. The number of thioether (sulfide) groups is 1. The molecule has 0 spiro atoms. The lowest BCUT2D eigenvalue weighted by Gasteiger charge is -2.24. The Hall–Kier alpha value is -1.34. The Balaban J connectivity index is 1.99. The van der Waals surface area contributed by atoms with E-state index in [1.165, 1.54) is 31.4 Å². The van der Waals surface area contributed by atoms with Crippen LogP contribution in [-0.2, 0) is 11.2 Å². The van der Waals surface area contributed by atoms with Crippen LogP contribution >= 0.6 is 34.4 Å². The third kappa shape index (κ3) is 6.58. The van der Waals surface area contributed by atoms with Gasteiger partial charge in [0.05, 0.1) is 6.04 Å². The van der Waals surface area contributed by atoms with Crippen LogP contribution in [-0.4, -0.2) is 28.3 Å². The van der Waals surface area contributed by atoms with Crippen LogP contribution in [0.15, 0.2) is 41.4 Å². The molecule has 0 aliphatic carbocycles. The summed E-state index contributed by atoms with van der Waals surface area (Å²) in [7, 11) is 0. The molecule has 1 amide bonds. The number of hydrogen-bond donors (Lipinski definition) is 0. The van der Waals surface area contributed by atoms with E-state index >= 15 is 0 Å². The van der Waals surface area contributed by atoms with Gasteiger partial charge in [0.1, 0.15) is 0 Å². The lowest BCUT2D eigenvalue weighted by Crippen LogP contribution is -2.34. The number of halogens is 1. The second kappa shape index (κ2) is 10.1. The quantitative estimate of drug-likeness (QED) is 0.382. The molecule has 1 aliphatic heterocycles. The first kappa shape index (κ1) is 24.3. The number of hydrogen-bond acceptors (Lipinski definition) is 3. The van der Waals surface area contributed by atoms with Crippen molar-refractivity contribution in [3.63, 3.8) is 0 Å². The fraction of sp³-hybridized carbons (Fsp3) is 0.462. The van der Waals surface area contributed by atoms with Crippen LogP contribution in [0, 0.1) is 29.8 Å². The highest BCUT2D eigenvalue weighted by molar-refractivity contribution is 14.1. The predicted octanol–water partition coefficient (Wildman–Crippen LogP) is 6.87. The molecule has 0 bridgehead atoms. The van der Waals surface area contributed by atoms with E-state index in [2.05, 4.69) is 101 Å². The van der Waals surface area contributed by atoms with E-state index in [9.17, 15) is 4.79 Å². The average Bonchev–Trinajstić information content (AvgIpc) is 3.09. The van der Waals surface area contributed by atoms with Gasteiger partial charge in [-0.05, 0) is 78.0 Å². The van der Waals surface area contributed by atoms with Gasteiger partial charge in [0, 0.05) is 22.3 Å².